The van der Waals surface area contributed by atoms with Gasteiger partial charge in [-0.25, -0.2) is 0 Å². The maximum atomic E-state index is 12.7. The van der Waals surface area contributed by atoms with Gasteiger partial charge in [-0.05, 0) is 44.9 Å². The van der Waals surface area contributed by atoms with Crippen LogP contribution in [-0.2, 0) is 37.4 Å². The van der Waals surface area contributed by atoms with Crippen molar-refractivity contribution in [2.24, 2.45) is 0 Å². The highest BCUT2D eigenvalue weighted by atomic mass is 31.2. The van der Waals surface area contributed by atoms with Crippen molar-refractivity contribution in [1.29, 1.82) is 0 Å². The third-order valence-electron chi connectivity index (χ3n) is 10.1. The number of rotatable bonds is 40. The Labute approximate surface area is 353 Å². The van der Waals surface area contributed by atoms with E-state index in [2.05, 4.69) is 26.0 Å². The fourth-order valence-electron chi connectivity index (χ4n) is 6.31. The third-order valence-corrected chi connectivity index (χ3v) is 11.1. The van der Waals surface area contributed by atoms with Crippen molar-refractivity contribution < 1.29 is 51.9 Å². The second-order valence-electron chi connectivity index (χ2n) is 17.0. The third kappa shape index (κ3) is 35.0. The second kappa shape index (κ2) is 34.8. The van der Waals surface area contributed by atoms with Gasteiger partial charge in [0.15, 0.2) is 6.10 Å². The molecule has 1 saturated heterocycles. The molecule has 5 atom stereocenters. The highest BCUT2D eigenvalue weighted by molar-refractivity contribution is 7.45. The number of hydrogen-bond donors (Lipinski definition) is 1. The van der Waals surface area contributed by atoms with E-state index >= 15 is 0 Å². The standard InChI is InChI=1S/C46H84NO10P/c1-6-8-10-12-14-15-16-17-18-19-20-21-22-24-29-33-45(49)53-39-42(40-55-58(51,52)54-38-37-47(3,4)5)56-46(50)34-30-26-25-27-31-41(48)35-36-44-43(57-44)32-28-23-13-11-9-7-2/h23,25,27-28,35-36,41-44,48H,6-22,24,26,29-34,37-40H2,1-5H3/b27-25+,28-23+,36-35-. The lowest BCUT2D eigenvalue weighted by Gasteiger charge is -2.28. The zero-order valence-corrected chi connectivity index (χ0v) is 38.2. The SMILES string of the molecule is CCCCC/C=C/CC1OC1/C=C\C(O)C/C=C/CCCC(=O)OC(COC(=O)CCCCCCCCCCCCCCCCC)COP(=O)([O-])OCC[N+](C)(C)C. The Kier molecular flexibility index (Phi) is 32.5. The molecule has 11 nitrogen and oxygen atoms in total. The molecule has 1 rings (SSSR count). The molecule has 12 heteroatoms. The average Bonchev–Trinajstić information content (AvgIpc) is 3.93. The average molecular weight is 842 g/mol. The van der Waals surface area contributed by atoms with Crippen molar-refractivity contribution in [2.45, 2.75) is 199 Å². The van der Waals surface area contributed by atoms with Gasteiger partial charge in [-0.3, -0.25) is 14.2 Å². The van der Waals surface area contributed by atoms with Crippen LogP contribution >= 0.6 is 7.82 Å². The highest BCUT2D eigenvalue weighted by Crippen LogP contribution is 2.38. The topological polar surface area (TPSA) is 144 Å². The predicted molar refractivity (Wildman–Crippen MR) is 232 cm³/mol. The van der Waals surface area contributed by atoms with E-state index in [1.54, 1.807) is 6.08 Å². The Morgan fingerprint density at radius 3 is 1.90 bits per heavy atom. The minimum Gasteiger partial charge on any atom is -0.756 e. The summed E-state index contributed by atoms with van der Waals surface area (Å²) >= 11 is 0. The van der Waals surface area contributed by atoms with Crippen molar-refractivity contribution in [2.75, 3.05) is 47.5 Å². The van der Waals surface area contributed by atoms with E-state index in [4.69, 9.17) is 23.3 Å². The van der Waals surface area contributed by atoms with E-state index in [1.165, 1.54) is 89.9 Å². The van der Waals surface area contributed by atoms with Crippen molar-refractivity contribution in [1.82, 2.24) is 0 Å². The molecular formula is C46H84NO10P. The molecule has 338 valence electrons. The first-order chi connectivity index (χ1) is 27.8. The van der Waals surface area contributed by atoms with Gasteiger partial charge in [0, 0.05) is 12.8 Å². The summed E-state index contributed by atoms with van der Waals surface area (Å²) in [5.74, 6) is -0.970. The van der Waals surface area contributed by atoms with Gasteiger partial charge in [0.1, 0.15) is 25.9 Å². The summed E-state index contributed by atoms with van der Waals surface area (Å²) in [6, 6.07) is 0. The number of esters is 2. The molecule has 0 aromatic carbocycles. The molecular weight excluding hydrogens is 757 g/mol. The number of aliphatic hydroxyl groups excluding tert-OH is 1. The van der Waals surface area contributed by atoms with Crippen LogP contribution in [0.2, 0.25) is 0 Å². The van der Waals surface area contributed by atoms with E-state index in [9.17, 15) is 24.2 Å². The summed E-state index contributed by atoms with van der Waals surface area (Å²) < 4.78 is 39.5. The molecule has 1 heterocycles. The van der Waals surface area contributed by atoms with Crippen LogP contribution in [0.3, 0.4) is 0 Å². The fourth-order valence-corrected chi connectivity index (χ4v) is 7.04. The number of ether oxygens (including phenoxy) is 3. The first-order valence-corrected chi connectivity index (χ1v) is 24.4. The van der Waals surface area contributed by atoms with Gasteiger partial charge in [0.05, 0.1) is 40.0 Å². The van der Waals surface area contributed by atoms with E-state index in [1.807, 2.05) is 39.4 Å². The lowest BCUT2D eigenvalue weighted by Crippen LogP contribution is -2.37. The number of likely N-dealkylation sites (N-methyl/N-ethyl adjacent to an activating group) is 1. The quantitative estimate of drug-likeness (QED) is 0.0158. The zero-order valence-electron chi connectivity index (χ0n) is 37.3. The first-order valence-electron chi connectivity index (χ1n) is 22.9. The van der Waals surface area contributed by atoms with Crippen molar-refractivity contribution >= 4 is 19.8 Å². The number of unbranched alkanes of at least 4 members (excludes halogenated alkanes) is 18. The largest absolute Gasteiger partial charge is 0.756 e. The Morgan fingerprint density at radius 2 is 1.28 bits per heavy atom. The van der Waals surface area contributed by atoms with Crippen molar-refractivity contribution in [3.63, 3.8) is 0 Å². The maximum Gasteiger partial charge on any atom is 0.306 e. The molecule has 1 fully saturated rings. The Balaban J connectivity index is 2.35. The molecule has 0 aromatic heterocycles. The summed E-state index contributed by atoms with van der Waals surface area (Å²) in [5, 5.41) is 10.3. The van der Waals surface area contributed by atoms with Crippen LogP contribution in [-0.4, -0.2) is 93.5 Å². The number of epoxide rings is 1. The van der Waals surface area contributed by atoms with E-state index < -0.39 is 38.6 Å². The maximum absolute atomic E-state index is 12.7. The van der Waals surface area contributed by atoms with Gasteiger partial charge in [0.25, 0.3) is 7.82 Å². The molecule has 5 unspecified atom stereocenters. The molecule has 58 heavy (non-hydrogen) atoms. The van der Waals surface area contributed by atoms with Gasteiger partial charge in [-0.1, -0.05) is 153 Å². The molecule has 0 amide bonds. The number of phosphoric acid groups is 1. The molecule has 0 spiro atoms. The first kappa shape index (κ1) is 54.2. The van der Waals surface area contributed by atoms with Gasteiger partial charge in [-0.15, -0.1) is 0 Å². The summed E-state index contributed by atoms with van der Waals surface area (Å²) in [4.78, 5) is 37.6. The molecule has 0 aromatic rings. The van der Waals surface area contributed by atoms with Crippen LogP contribution in [0.1, 0.15) is 174 Å². The van der Waals surface area contributed by atoms with Gasteiger partial charge in [-0.2, -0.15) is 0 Å². The molecule has 0 bridgehead atoms. The molecule has 0 aliphatic carbocycles. The molecule has 0 saturated carbocycles. The van der Waals surface area contributed by atoms with Crippen LogP contribution < -0.4 is 4.89 Å². The van der Waals surface area contributed by atoms with Gasteiger partial charge >= 0.3 is 11.9 Å². The van der Waals surface area contributed by atoms with Crippen molar-refractivity contribution in [3.05, 3.63) is 36.5 Å². The number of phosphoric ester groups is 1. The second-order valence-corrected chi connectivity index (χ2v) is 18.4. The Morgan fingerprint density at radius 1 is 0.724 bits per heavy atom. The summed E-state index contributed by atoms with van der Waals surface area (Å²) in [6.07, 6.45) is 36.5. The summed E-state index contributed by atoms with van der Waals surface area (Å²) in [6.45, 7) is 4.02. The van der Waals surface area contributed by atoms with E-state index in [0.717, 1.165) is 32.1 Å². The zero-order chi connectivity index (χ0) is 42.7. The summed E-state index contributed by atoms with van der Waals surface area (Å²) in [5.41, 5.74) is 0. The van der Waals surface area contributed by atoms with Crippen LogP contribution in [0.25, 0.3) is 0 Å². The van der Waals surface area contributed by atoms with Crippen molar-refractivity contribution in [3.8, 4) is 0 Å². The van der Waals surface area contributed by atoms with E-state index in [0.29, 0.717) is 36.7 Å². The van der Waals surface area contributed by atoms with Gasteiger partial charge in [0.2, 0.25) is 0 Å². The number of quaternary nitrogens is 1. The molecule has 1 N–H and O–H groups in total. The number of carbonyl (C=O) groups is 2. The number of allylic oxidation sites excluding steroid dienone is 2. The highest BCUT2D eigenvalue weighted by Gasteiger charge is 2.35. The number of aliphatic hydroxyl groups is 1. The Bertz CT molecular complexity index is 1170. The number of carbonyl (C=O) groups excluding carboxylic acids is 2. The number of hydrogen-bond acceptors (Lipinski definition) is 10. The smallest absolute Gasteiger partial charge is 0.306 e. The minimum absolute atomic E-state index is 0.0577. The van der Waals surface area contributed by atoms with Crippen LogP contribution in [0.15, 0.2) is 36.5 Å². The molecule has 1 aliphatic rings. The fraction of sp³-hybridized carbons (Fsp3) is 0.826. The minimum atomic E-state index is -4.67. The van der Waals surface area contributed by atoms with Crippen LogP contribution in [0.5, 0.6) is 0 Å². The van der Waals surface area contributed by atoms with Gasteiger partial charge < -0.3 is 37.7 Å². The monoisotopic (exact) mass is 842 g/mol. The lowest BCUT2D eigenvalue weighted by atomic mass is 10.0. The predicted octanol–water partition coefficient (Wildman–Crippen LogP) is 10.2. The van der Waals surface area contributed by atoms with Crippen LogP contribution in [0, 0.1) is 0 Å². The molecule has 1 aliphatic heterocycles. The normalized spacial score (nSPS) is 17.9. The summed E-state index contributed by atoms with van der Waals surface area (Å²) in [7, 11) is 1.07. The van der Waals surface area contributed by atoms with Crippen LogP contribution in [0.4, 0.5) is 0 Å². The lowest BCUT2D eigenvalue weighted by molar-refractivity contribution is -0.870. The Hall–Kier alpha value is -1.85. The van der Waals surface area contributed by atoms with E-state index in [-0.39, 0.29) is 38.3 Å². The number of nitrogens with zero attached hydrogens (tertiary/aromatic N) is 1. The molecule has 0 radical (unpaired) electrons.